The van der Waals surface area contributed by atoms with Crippen molar-refractivity contribution in [2.45, 2.75) is 40.2 Å². The van der Waals surface area contributed by atoms with Crippen molar-refractivity contribution >= 4 is 22.5 Å². The molecular formula is C26H34N4O2. The van der Waals surface area contributed by atoms with Crippen LogP contribution >= 0.6 is 0 Å². The van der Waals surface area contributed by atoms with E-state index < -0.39 is 0 Å². The second-order valence-corrected chi connectivity index (χ2v) is 9.05. The number of fused-ring (bicyclic) bond motifs is 1. The number of nitrogens with zero attached hydrogens (tertiary/aromatic N) is 3. The van der Waals surface area contributed by atoms with Gasteiger partial charge in [-0.15, -0.1) is 0 Å². The summed E-state index contributed by atoms with van der Waals surface area (Å²) in [5.74, 6) is 0.662. The Kier molecular flexibility index (Phi) is 6.63. The second kappa shape index (κ2) is 9.43. The summed E-state index contributed by atoms with van der Waals surface area (Å²) >= 11 is 0. The van der Waals surface area contributed by atoms with Gasteiger partial charge in [0.25, 0.3) is 0 Å². The number of aryl methyl sites for hydroxylation is 1. The highest BCUT2D eigenvalue weighted by Crippen LogP contribution is 2.29. The lowest BCUT2D eigenvalue weighted by atomic mass is 9.99. The summed E-state index contributed by atoms with van der Waals surface area (Å²) in [7, 11) is 2.11. The van der Waals surface area contributed by atoms with Crippen LogP contribution in [-0.4, -0.2) is 52.7 Å². The standard InChI is InChI=1S/C26H34N4O2/c1-6-19-12-24(29(5)18(19)4)20-7-8-21-14-27-25(13-22(21)11-20)28-26(31)23-15-30(16-23)9-10-32-17(2)3/h7-8,11-14,17,23H,6,9-10,15-16H2,1-5H3,(H,27,28,31). The number of rotatable bonds is 8. The van der Waals surface area contributed by atoms with Crippen LogP contribution in [0, 0.1) is 12.8 Å². The third kappa shape index (κ3) is 4.71. The van der Waals surface area contributed by atoms with Crippen molar-refractivity contribution in [2.24, 2.45) is 13.0 Å². The highest BCUT2D eigenvalue weighted by molar-refractivity contribution is 5.95. The Balaban J connectivity index is 1.43. The molecule has 0 bridgehead atoms. The first-order valence-electron chi connectivity index (χ1n) is 11.6. The monoisotopic (exact) mass is 434 g/mol. The third-order valence-electron chi connectivity index (χ3n) is 6.48. The average Bonchev–Trinajstić information content (AvgIpc) is 3.03. The van der Waals surface area contributed by atoms with Gasteiger partial charge in [-0.3, -0.25) is 9.69 Å². The Labute approximate surface area is 190 Å². The van der Waals surface area contributed by atoms with E-state index in [-0.39, 0.29) is 17.9 Å². The van der Waals surface area contributed by atoms with Gasteiger partial charge in [-0.05, 0) is 61.9 Å². The maximum atomic E-state index is 12.7. The van der Waals surface area contributed by atoms with Gasteiger partial charge < -0.3 is 14.6 Å². The van der Waals surface area contributed by atoms with Crippen LogP contribution < -0.4 is 5.32 Å². The summed E-state index contributed by atoms with van der Waals surface area (Å²) < 4.78 is 7.84. The van der Waals surface area contributed by atoms with Crippen LogP contribution in [-0.2, 0) is 23.0 Å². The molecule has 3 heterocycles. The van der Waals surface area contributed by atoms with E-state index in [0.717, 1.165) is 36.8 Å². The minimum Gasteiger partial charge on any atom is -0.377 e. The number of nitrogens with one attached hydrogen (secondary N) is 1. The number of hydrogen-bond acceptors (Lipinski definition) is 4. The largest absolute Gasteiger partial charge is 0.377 e. The van der Waals surface area contributed by atoms with Crippen LogP contribution in [0.15, 0.2) is 36.5 Å². The summed E-state index contributed by atoms with van der Waals surface area (Å²) in [6.07, 6.45) is 3.10. The molecule has 4 rings (SSSR count). The van der Waals surface area contributed by atoms with Gasteiger partial charge in [0.15, 0.2) is 0 Å². The Morgan fingerprint density at radius 3 is 2.69 bits per heavy atom. The number of hydrogen-bond donors (Lipinski definition) is 1. The van der Waals surface area contributed by atoms with Crippen LogP contribution in [0.25, 0.3) is 22.0 Å². The molecule has 0 radical (unpaired) electrons. The van der Waals surface area contributed by atoms with Crippen LogP contribution in [0.5, 0.6) is 0 Å². The van der Waals surface area contributed by atoms with Gasteiger partial charge in [-0.25, -0.2) is 4.98 Å². The minimum absolute atomic E-state index is 0.0108. The molecule has 1 N–H and O–H groups in total. The average molecular weight is 435 g/mol. The molecule has 1 aliphatic heterocycles. The van der Waals surface area contributed by atoms with Gasteiger partial charge in [0.1, 0.15) is 5.82 Å². The Hall–Kier alpha value is -2.70. The topological polar surface area (TPSA) is 59.4 Å². The summed E-state index contributed by atoms with van der Waals surface area (Å²) in [5.41, 5.74) is 5.05. The van der Waals surface area contributed by atoms with Gasteiger partial charge in [0.05, 0.1) is 18.6 Å². The Bertz CT molecular complexity index is 1110. The molecular weight excluding hydrogens is 400 g/mol. The van der Waals surface area contributed by atoms with Crippen molar-refractivity contribution in [2.75, 3.05) is 31.6 Å². The Morgan fingerprint density at radius 2 is 2.00 bits per heavy atom. The van der Waals surface area contributed by atoms with E-state index in [9.17, 15) is 4.79 Å². The number of aromatic nitrogens is 2. The van der Waals surface area contributed by atoms with Crippen LogP contribution in [0.1, 0.15) is 32.0 Å². The van der Waals surface area contributed by atoms with Gasteiger partial charge in [-0.2, -0.15) is 0 Å². The smallest absolute Gasteiger partial charge is 0.231 e. The van der Waals surface area contributed by atoms with Crippen LogP contribution in [0.2, 0.25) is 0 Å². The first kappa shape index (κ1) is 22.5. The highest BCUT2D eigenvalue weighted by Gasteiger charge is 2.32. The fourth-order valence-electron chi connectivity index (χ4n) is 4.33. The SMILES string of the molecule is CCc1cc(-c2ccc3cnc(NC(=O)C4CN(CCOC(C)C)C4)cc3c2)n(C)c1C. The van der Waals surface area contributed by atoms with E-state index in [4.69, 9.17) is 4.74 Å². The van der Waals surface area contributed by atoms with E-state index in [1.165, 1.54) is 22.5 Å². The first-order valence-corrected chi connectivity index (χ1v) is 11.6. The lowest BCUT2D eigenvalue weighted by molar-refractivity contribution is -0.125. The molecule has 1 aliphatic rings. The van der Waals surface area contributed by atoms with E-state index in [2.05, 4.69) is 64.9 Å². The molecule has 1 aromatic carbocycles. The maximum Gasteiger partial charge on any atom is 0.231 e. The summed E-state index contributed by atoms with van der Waals surface area (Å²) in [6.45, 7) is 11.6. The van der Waals surface area contributed by atoms with Crippen molar-refractivity contribution in [1.82, 2.24) is 14.5 Å². The predicted octanol–water partition coefficient (Wildman–Crippen LogP) is 4.41. The van der Waals surface area contributed by atoms with Crippen molar-refractivity contribution in [3.63, 3.8) is 0 Å². The fraction of sp³-hybridized carbons (Fsp3) is 0.462. The van der Waals surface area contributed by atoms with Crippen molar-refractivity contribution in [3.8, 4) is 11.3 Å². The van der Waals surface area contributed by atoms with Crippen molar-refractivity contribution in [1.29, 1.82) is 0 Å². The zero-order valence-corrected chi connectivity index (χ0v) is 19.8. The van der Waals surface area contributed by atoms with Crippen LogP contribution in [0.3, 0.4) is 0 Å². The molecule has 6 heteroatoms. The van der Waals surface area contributed by atoms with Gasteiger partial charge in [0, 0.05) is 49.7 Å². The number of ether oxygens (including phenoxy) is 1. The zero-order chi connectivity index (χ0) is 22.8. The number of carbonyl (C=O) groups excluding carboxylic acids is 1. The molecule has 32 heavy (non-hydrogen) atoms. The Morgan fingerprint density at radius 1 is 1.22 bits per heavy atom. The predicted molar refractivity (Wildman–Crippen MR) is 130 cm³/mol. The summed E-state index contributed by atoms with van der Waals surface area (Å²) in [6, 6.07) is 10.7. The molecule has 1 amide bonds. The summed E-state index contributed by atoms with van der Waals surface area (Å²) in [5, 5.41) is 5.15. The molecule has 1 fully saturated rings. The molecule has 170 valence electrons. The first-order chi connectivity index (χ1) is 15.4. The number of carbonyl (C=O) groups is 1. The van der Waals surface area contributed by atoms with Crippen molar-refractivity contribution < 1.29 is 9.53 Å². The molecule has 0 saturated carbocycles. The van der Waals surface area contributed by atoms with E-state index in [0.29, 0.717) is 12.4 Å². The van der Waals surface area contributed by atoms with Crippen molar-refractivity contribution in [3.05, 3.63) is 47.8 Å². The fourth-order valence-corrected chi connectivity index (χ4v) is 4.33. The highest BCUT2D eigenvalue weighted by atomic mass is 16.5. The summed E-state index contributed by atoms with van der Waals surface area (Å²) in [4.78, 5) is 19.4. The third-order valence-corrected chi connectivity index (χ3v) is 6.48. The number of likely N-dealkylation sites (tertiary alicyclic amines) is 1. The quantitative estimate of drug-likeness (QED) is 0.571. The van der Waals surface area contributed by atoms with Crippen LogP contribution in [0.4, 0.5) is 5.82 Å². The molecule has 0 aliphatic carbocycles. The lowest BCUT2D eigenvalue weighted by Crippen LogP contribution is -2.52. The zero-order valence-electron chi connectivity index (χ0n) is 19.8. The molecule has 0 unspecified atom stereocenters. The molecule has 0 spiro atoms. The van der Waals surface area contributed by atoms with E-state index >= 15 is 0 Å². The lowest BCUT2D eigenvalue weighted by Gasteiger charge is -2.38. The number of anilines is 1. The van der Waals surface area contributed by atoms with E-state index in [1.54, 1.807) is 0 Å². The van der Waals surface area contributed by atoms with Gasteiger partial charge in [0.2, 0.25) is 5.91 Å². The molecule has 2 aromatic heterocycles. The second-order valence-electron chi connectivity index (χ2n) is 9.05. The molecule has 1 saturated heterocycles. The molecule has 3 aromatic rings. The van der Waals surface area contributed by atoms with Gasteiger partial charge in [-0.1, -0.05) is 19.1 Å². The number of benzene rings is 1. The maximum absolute atomic E-state index is 12.7. The van der Waals surface area contributed by atoms with E-state index in [1.807, 2.05) is 26.1 Å². The minimum atomic E-state index is 0.0108. The molecule has 6 nitrogen and oxygen atoms in total. The normalized spacial score (nSPS) is 14.8. The number of pyridine rings is 1. The molecule has 0 atom stereocenters. The van der Waals surface area contributed by atoms with Gasteiger partial charge >= 0.3 is 0 Å². The number of amides is 1.